The van der Waals surface area contributed by atoms with Gasteiger partial charge in [0.05, 0.1) is 25.3 Å². The number of methoxy groups -OCH3 is 1. The SMILES string of the molecule is COCCOCc1cc(C)nc2ccc(Cl)cc12. The first-order valence-corrected chi connectivity index (χ1v) is 6.21. The minimum atomic E-state index is 0.545. The van der Waals surface area contributed by atoms with Crippen molar-refractivity contribution in [3.63, 3.8) is 0 Å². The van der Waals surface area contributed by atoms with Gasteiger partial charge in [-0.05, 0) is 36.8 Å². The quantitative estimate of drug-likeness (QED) is 0.777. The zero-order valence-electron chi connectivity index (χ0n) is 10.6. The van der Waals surface area contributed by atoms with Crippen molar-refractivity contribution in [1.29, 1.82) is 0 Å². The van der Waals surface area contributed by atoms with Gasteiger partial charge in [-0.3, -0.25) is 4.98 Å². The fraction of sp³-hybridized carbons (Fsp3) is 0.357. The number of hydrogen-bond acceptors (Lipinski definition) is 3. The third-order valence-corrected chi connectivity index (χ3v) is 2.91. The fourth-order valence-corrected chi connectivity index (χ4v) is 2.03. The number of ether oxygens (including phenoxy) is 2. The molecule has 0 radical (unpaired) electrons. The largest absolute Gasteiger partial charge is 0.382 e. The second-order valence-electron chi connectivity index (χ2n) is 4.13. The molecule has 0 aliphatic rings. The van der Waals surface area contributed by atoms with E-state index in [9.17, 15) is 0 Å². The Balaban J connectivity index is 2.27. The number of benzene rings is 1. The van der Waals surface area contributed by atoms with Crippen molar-refractivity contribution in [2.24, 2.45) is 0 Å². The summed E-state index contributed by atoms with van der Waals surface area (Å²) in [6, 6.07) is 7.75. The summed E-state index contributed by atoms with van der Waals surface area (Å²) in [5, 5.41) is 1.76. The summed E-state index contributed by atoms with van der Waals surface area (Å²) in [7, 11) is 1.66. The maximum absolute atomic E-state index is 6.03. The van der Waals surface area contributed by atoms with Crippen molar-refractivity contribution < 1.29 is 9.47 Å². The number of hydrogen-bond donors (Lipinski definition) is 0. The van der Waals surface area contributed by atoms with Crippen LogP contribution in [0.25, 0.3) is 10.9 Å². The van der Waals surface area contributed by atoms with Crippen LogP contribution in [0, 0.1) is 6.92 Å². The summed E-state index contributed by atoms with van der Waals surface area (Å²) in [6.45, 7) is 3.71. The van der Waals surface area contributed by atoms with Crippen LogP contribution in [0.3, 0.4) is 0 Å². The van der Waals surface area contributed by atoms with E-state index in [1.165, 1.54) is 0 Å². The molecule has 0 bridgehead atoms. The van der Waals surface area contributed by atoms with E-state index in [0.717, 1.165) is 22.2 Å². The summed E-state index contributed by atoms with van der Waals surface area (Å²) < 4.78 is 10.5. The predicted octanol–water partition coefficient (Wildman–Crippen LogP) is 3.36. The molecular formula is C14H16ClNO2. The van der Waals surface area contributed by atoms with E-state index < -0.39 is 0 Å². The predicted molar refractivity (Wildman–Crippen MR) is 73.0 cm³/mol. The van der Waals surface area contributed by atoms with Gasteiger partial charge in [0.2, 0.25) is 0 Å². The lowest BCUT2D eigenvalue weighted by atomic mass is 10.1. The van der Waals surface area contributed by atoms with Crippen LogP contribution in [0.1, 0.15) is 11.3 Å². The lowest BCUT2D eigenvalue weighted by molar-refractivity contribution is 0.0621. The molecule has 1 aromatic heterocycles. The monoisotopic (exact) mass is 265 g/mol. The van der Waals surface area contributed by atoms with E-state index in [2.05, 4.69) is 4.98 Å². The van der Waals surface area contributed by atoms with E-state index in [-0.39, 0.29) is 0 Å². The number of pyridine rings is 1. The minimum absolute atomic E-state index is 0.545. The Morgan fingerprint density at radius 2 is 2.06 bits per heavy atom. The van der Waals surface area contributed by atoms with Gasteiger partial charge in [0.25, 0.3) is 0 Å². The zero-order chi connectivity index (χ0) is 13.0. The highest BCUT2D eigenvalue weighted by Crippen LogP contribution is 2.23. The van der Waals surface area contributed by atoms with E-state index in [0.29, 0.717) is 24.8 Å². The topological polar surface area (TPSA) is 31.4 Å². The van der Waals surface area contributed by atoms with Crippen molar-refractivity contribution >= 4 is 22.5 Å². The molecule has 1 heterocycles. The van der Waals surface area contributed by atoms with Crippen molar-refractivity contribution in [3.8, 4) is 0 Å². The van der Waals surface area contributed by atoms with E-state index in [1.54, 1.807) is 7.11 Å². The highest BCUT2D eigenvalue weighted by atomic mass is 35.5. The molecule has 4 heteroatoms. The van der Waals surface area contributed by atoms with Crippen LogP contribution in [-0.4, -0.2) is 25.3 Å². The summed E-state index contributed by atoms with van der Waals surface area (Å²) in [5.41, 5.74) is 3.04. The standard InChI is InChI=1S/C14H16ClNO2/c1-10-7-11(9-18-6-5-17-2)13-8-12(15)3-4-14(13)16-10/h3-4,7-8H,5-6,9H2,1-2H3. The molecule has 0 N–H and O–H groups in total. The average molecular weight is 266 g/mol. The maximum atomic E-state index is 6.03. The molecule has 0 spiro atoms. The molecule has 3 nitrogen and oxygen atoms in total. The normalized spacial score (nSPS) is 11.1. The summed E-state index contributed by atoms with van der Waals surface area (Å²) in [5.74, 6) is 0. The number of fused-ring (bicyclic) bond motifs is 1. The van der Waals surface area contributed by atoms with Crippen LogP contribution in [-0.2, 0) is 16.1 Å². The van der Waals surface area contributed by atoms with Gasteiger partial charge in [-0.2, -0.15) is 0 Å². The molecule has 0 amide bonds. The van der Waals surface area contributed by atoms with Crippen LogP contribution in [0.15, 0.2) is 24.3 Å². The van der Waals surface area contributed by atoms with Gasteiger partial charge in [0, 0.05) is 23.2 Å². The summed E-state index contributed by atoms with van der Waals surface area (Å²) in [4.78, 5) is 4.48. The second kappa shape index (κ2) is 6.14. The number of aromatic nitrogens is 1. The Bertz CT molecular complexity index is 543. The highest BCUT2D eigenvalue weighted by molar-refractivity contribution is 6.31. The molecule has 0 saturated heterocycles. The number of nitrogens with zero attached hydrogens (tertiary/aromatic N) is 1. The lowest BCUT2D eigenvalue weighted by Crippen LogP contribution is -2.03. The smallest absolute Gasteiger partial charge is 0.0725 e. The van der Waals surface area contributed by atoms with Gasteiger partial charge >= 0.3 is 0 Å². The summed E-state index contributed by atoms with van der Waals surface area (Å²) in [6.07, 6.45) is 0. The van der Waals surface area contributed by atoms with Gasteiger partial charge in [-0.15, -0.1) is 0 Å². The molecular weight excluding hydrogens is 250 g/mol. The van der Waals surface area contributed by atoms with Crippen LogP contribution >= 0.6 is 11.6 Å². The Labute approximate surface area is 112 Å². The highest BCUT2D eigenvalue weighted by Gasteiger charge is 2.05. The van der Waals surface area contributed by atoms with Crippen LogP contribution in [0.5, 0.6) is 0 Å². The lowest BCUT2D eigenvalue weighted by Gasteiger charge is -2.09. The Hall–Kier alpha value is -1.16. The third kappa shape index (κ3) is 3.19. The van der Waals surface area contributed by atoms with Gasteiger partial charge in [-0.25, -0.2) is 0 Å². The van der Waals surface area contributed by atoms with Gasteiger partial charge in [0.15, 0.2) is 0 Å². The molecule has 2 aromatic rings. The van der Waals surface area contributed by atoms with Crippen molar-refractivity contribution in [2.45, 2.75) is 13.5 Å². The maximum Gasteiger partial charge on any atom is 0.0725 e. The molecule has 0 aliphatic heterocycles. The first-order valence-electron chi connectivity index (χ1n) is 5.83. The Morgan fingerprint density at radius 3 is 2.83 bits per heavy atom. The van der Waals surface area contributed by atoms with Crippen molar-refractivity contribution in [1.82, 2.24) is 4.98 Å². The van der Waals surface area contributed by atoms with Gasteiger partial charge in [-0.1, -0.05) is 11.6 Å². The van der Waals surface area contributed by atoms with E-state index in [1.807, 2.05) is 31.2 Å². The Morgan fingerprint density at radius 1 is 1.22 bits per heavy atom. The first-order chi connectivity index (χ1) is 8.70. The zero-order valence-corrected chi connectivity index (χ0v) is 11.3. The number of halogens is 1. The molecule has 0 atom stereocenters. The molecule has 0 fully saturated rings. The van der Waals surface area contributed by atoms with Crippen molar-refractivity contribution in [2.75, 3.05) is 20.3 Å². The molecule has 0 aliphatic carbocycles. The number of aryl methyl sites for hydroxylation is 1. The van der Waals surface area contributed by atoms with Gasteiger partial charge < -0.3 is 9.47 Å². The van der Waals surface area contributed by atoms with E-state index >= 15 is 0 Å². The molecule has 1 aromatic carbocycles. The van der Waals surface area contributed by atoms with Crippen LogP contribution in [0.2, 0.25) is 5.02 Å². The first kappa shape index (κ1) is 13.3. The molecule has 2 rings (SSSR count). The minimum Gasteiger partial charge on any atom is -0.382 e. The average Bonchev–Trinajstić information content (AvgIpc) is 2.35. The van der Waals surface area contributed by atoms with Gasteiger partial charge in [0.1, 0.15) is 0 Å². The fourth-order valence-electron chi connectivity index (χ4n) is 1.86. The molecule has 0 unspecified atom stereocenters. The molecule has 18 heavy (non-hydrogen) atoms. The second-order valence-corrected chi connectivity index (χ2v) is 4.57. The number of rotatable bonds is 5. The van der Waals surface area contributed by atoms with E-state index in [4.69, 9.17) is 21.1 Å². The summed E-state index contributed by atoms with van der Waals surface area (Å²) >= 11 is 6.03. The van der Waals surface area contributed by atoms with Crippen LogP contribution < -0.4 is 0 Å². The third-order valence-electron chi connectivity index (χ3n) is 2.67. The van der Waals surface area contributed by atoms with Crippen LogP contribution in [0.4, 0.5) is 0 Å². The molecule has 0 saturated carbocycles. The van der Waals surface area contributed by atoms with Crippen molar-refractivity contribution in [3.05, 3.63) is 40.5 Å². The molecule has 96 valence electrons. The Kier molecular flexibility index (Phi) is 4.53.